The molecule has 4 nitrogen and oxygen atoms in total. The van der Waals surface area contributed by atoms with Gasteiger partial charge in [-0.2, -0.15) is 5.10 Å². The van der Waals surface area contributed by atoms with E-state index < -0.39 is 0 Å². The van der Waals surface area contributed by atoms with Gasteiger partial charge in [0.05, 0.1) is 11.4 Å². The van der Waals surface area contributed by atoms with Crippen LogP contribution in [0.3, 0.4) is 0 Å². The molecule has 124 valence electrons. The molecule has 1 heterocycles. The Labute approximate surface area is 142 Å². The molecule has 2 aromatic rings. The second-order valence-electron chi connectivity index (χ2n) is 6.97. The average Bonchev–Trinajstić information content (AvgIpc) is 2.80. The number of rotatable bonds is 5. The second-order valence-corrected chi connectivity index (χ2v) is 7.41. The highest BCUT2D eigenvalue weighted by atomic mass is 35.5. The number of H-pyrrole nitrogens is 1. The Kier molecular flexibility index (Phi) is 5.47. The Morgan fingerprint density at radius 3 is 2.70 bits per heavy atom. The fourth-order valence-electron chi connectivity index (χ4n) is 2.45. The van der Waals surface area contributed by atoms with Crippen LogP contribution in [0.2, 0.25) is 5.02 Å². The van der Waals surface area contributed by atoms with Crippen molar-refractivity contribution in [3.8, 4) is 11.3 Å². The number of nitrogens with one attached hydrogen (secondary N) is 2. The standard InChI is InChI=1S/C18H24ClN3O/c1-5-7-14-17(20-15(23)11-18(2,3)4)16(22-21-14)12-8-6-9-13(19)10-12/h6,8-10H,5,7,11H2,1-4H3,(H,20,23)(H,21,22). The fourth-order valence-corrected chi connectivity index (χ4v) is 2.64. The molecule has 0 aliphatic heterocycles. The lowest BCUT2D eigenvalue weighted by atomic mass is 9.92. The SMILES string of the molecule is CCCc1[nH]nc(-c2cccc(Cl)c2)c1NC(=O)CC(C)(C)C. The number of anilines is 1. The van der Waals surface area contributed by atoms with Gasteiger partial charge in [0, 0.05) is 17.0 Å². The number of amides is 1. The van der Waals surface area contributed by atoms with Crippen molar-refractivity contribution >= 4 is 23.2 Å². The van der Waals surface area contributed by atoms with Crippen molar-refractivity contribution < 1.29 is 4.79 Å². The minimum absolute atomic E-state index is 0.000434. The average molecular weight is 334 g/mol. The minimum Gasteiger partial charge on any atom is -0.323 e. The van der Waals surface area contributed by atoms with Gasteiger partial charge in [-0.25, -0.2) is 0 Å². The quantitative estimate of drug-likeness (QED) is 0.803. The third-order valence-electron chi connectivity index (χ3n) is 3.39. The van der Waals surface area contributed by atoms with E-state index in [0.717, 1.165) is 35.5 Å². The van der Waals surface area contributed by atoms with Gasteiger partial charge in [0.25, 0.3) is 0 Å². The normalized spacial score (nSPS) is 11.5. The van der Waals surface area contributed by atoms with Gasteiger partial charge in [-0.15, -0.1) is 0 Å². The Hall–Kier alpha value is -1.81. The number of hydrogen-bond acceptors (Lipinski definition) is 2. The van der Waals surface area contributed by atoms with E-state index in [0.29, 0.717) is 11.4 Å². The summed E-state index contributed by atoms with van der Waals surface area (Å²) in [5, 5.41) is 11.1. The van der Waals surface area contributed by atoms with Gasteiger partial charge in [-0.3, -0.25) is 9.89 Å². The minimum atomic E-state index is -0.0606. The summed E-state index contributed by atoms with van der Waals surface area (Å²) < 4.78 is 0. The fraction of sp³-hybridized carbons (Fsp3) is 0.444. The maximum atomic E-state index is 12.4. The first-order valence-corrected chi connectivity index (χ1v) is 8.31. The summed E-state index contributed by atoms with van der Waals surface area (Å²) in [5.74, 6) is -0.000434. The highest BCUT2D eigenvalue weighted by Gasteiger charge is 2.20. The predicted molar refractivity (Wildman–Crippen MR) is 95.7 cm³/mol. The summed E-state index contributed by atoms with van der Waals surface area (Å²) in [6.07, 6.45) is 2.26. The lowest BCUT2D eigenvalue weighted by molar-refractivity contribution is -0.117. The zero-order chi connectivity index (χ0) is 17.0. The Morgan fingerprint density at radius 2 is 2.09 bits per heavy atom. The van der Waals surface area contributed by atoms with Crippen molar-refractivity contribution in [2.24, 2.45) is 5.41 Å². The lowest BCUT2D eigenvalue weighted by Crippen LogP contribution is -2.20. The molecule has 2 rings (SSSR count). The molecule has 23 heavy (non-hydrogen) atoms. The monoisotopic (exact) mass is 333 g/mol. The van der Waals surface area contributed by atoms with Crippen LogP contribution >= 0.6 is 11.6 Å². The van der Waals surface area contributed by atoms with E-state index in [1.165, 1.54) is 0 Å². The van der Waals surface area contributed by atoms with E-state index in [4.69, 9.17) is 11.6 Å². The van der Waals surface area contributed by atoms with Crippen LogP contribution in [0.1, 0.15) is 46.2 Å². The van der Waals surface area contributed by atoms with Gasteiger partial charge >= 0.3 is 0 Å². The molecule has 2 N–H and O–H groups in total. The maximum absolute atomic E-state index is 12.4. The highest BCUT2D eigenvalue weighted by Crippen LogP contribution is 2.31. The summed E-state index contributed by atoms with van der Waals surface area (Å²) >= 11 is 6.08. The summed E-state index contributed by atoms with van der Waals surface area (Å²) in [6, 6.07) is 7.50. The third-order valence-corrected chi connectivity index (χ3v) is 3.63. The number of aromatic nitrogens is 2. The molecule has 0 aliphatic carbocycles. The highest BCUT2D eigenvalue weighted by molar-refractivity contribution is 6.30. The van der Waals surface area contributed by atoms with E-state index >= 15 is 0 Å². The van der Waals surface area contributed by atoms with Gasteiger partial charge in [0.2, 0.25) is 5.91 Å². The van der Waals surface area contributed by atoms with Crippen LogP contribution in [0.15, 0.2) is 24.3 Å². The first-order valence-electron chi connectivity index (χ1n) is 7.93. The van der Waals surface area contributed by atoms with Gasteiger partial charge in [-0.1, -0.05) is 57.8 Å². The van der Waals surface area contributed by atoms with Gasteiger partial charge in [0.15, 0.2) is 0 Å². The van der Waals surface area contributed by atoms with E-state index in [9.17, 15) is 4.79 Å². The van der Waals surface area contributed by atoms with Crippen LogP contribution in [-0.2, 0) is 11.2 Å². The molecule has 1 amide bonds. The van der Waals surface area contributed by atoms with E-state index in [1.807, 2.05) is 45.0 Å². The Balaban J connectivity index is 2.35. The van der Waals surface area contributed by atoms with E-state index in [1.54, 1.807) is 0 Å². The van der Waals surface area contributed by atoms with Crippen LogP contribution in [0.25, 0.3) is 11.3 Å². The van der Waals surface area contributed by atoms with E-state index in [2.05, 4.69) is 22.4 Å². The molecule has 1 aromatic heterocycles. The molecule has 0 aliphatic rings. The number of benzene rings is 1. The van der Waals surface area contributed by atoms with Crippen molar-refractivity contribution in [2.45, 2.75) is 47.0 Å². The number of aromatic amines is 1. The Morgan fingerprint density at radius 1 is 1.35 bits per heavy atom. The van der Waals surface area contributed by atoms with Crippen molar-refractivity contribution in [1.82, 2.24) is 10.2 Å². The molecule has 0 saturated heterocycles. The molecule has 0 unspecified atom stereocenters. The zero-order valence-corrected chi connectivity index (χ0v) is 14.9. The van der Waals surface area contributed by atoms with Crippen molar-refractivity contribution in [1.29, 1.82) is 0 Å². The zero-order valence-electron chi connectivity index (χ0n) is 14.2. The van der Waals surface area contributed by atoms with Gasteiger partial charge in [-0.05, 0) is 24.0 Å². The Bertz CT molecular complexity index is 686. The van der Waals surface area contributed by atoms with Crippen molar-refractivity contribution in [3.05, 3.63) is 35.0 Å². The topological polar surface area (TPSA) is 57.8 Å². The summed E-state index contributed by atoms with van der Waals surface area (Å²) in [5.41, 5.74) is 3.28. The van der Waals surface area contributed by atoms with Crippen molar-refractivity contribution in [2.75, 3.05) is 5.32 Å². The molecule has 1 aromatic carbocycles. The smallest absolute Gasteiger partial charge is 0.225 e. The molecule has 0 saturated carbocycles. The number of carbonyl (C=O) groups excluding carboxylic acids is 1. The summed E-state index contributed by atoms with van der Waals surface area (Å²) in [7, 11) is 0. The number of nitrogens with zero attached hydrogens (tertiary/aromatic N) is 1. The van der Waals surface area contributed by atoms with Gasteiger partial charge < -0.3 is 5.32 Å². The largest absolute Gasteiger partial charge is 0.323 e. The molecular weight excluding hydrogens is 310 g/mol. The van der Waals surface area contributed by atoms with Crippen LogP contribution in [0.5, 0.6) is 0 Å². The molecule has 0 atom stereocenters. The molecule has 0 fully saturated rings. The van der Waals surface area contributed by atoms with Gasteiger partial charge in [0.1, 0.15) is 5.69 Å². The molecule has 0 spiro atoms. The van der Waals surface area contributed by atoms with E-state index in [-0.39, 0.29) is 11.3 Å². The molecule has 5 heteroatoms. The first-order chi connectivity index (χ1) is 10.8. The summed E-state index contributed by atoms with van der Waals surface area (Å²) in [4.78, 5) is 12.4. The third kappa shape index (κ3) is 4.83. The number of halogens is 1. The molecular formula is C18H24ClN3O. The second kappa shape index (κ2) is 7.18. The predicted octanol–water partition coefficient (Wildman–Crippen LogP) is 5.06. The maximum Gasteiger partial charge on any atom is 0.225 e. The number of hydrogen-bond donors (Lipinski definition) is 2. The number of aryl methyl sites for hydroxylation is 1. The summed E-state index contributed by atoms with van der Waals surface area (Å²) in [6.45, 7) is 8.24. The van der Waals surface area contributed by atoms with Crippen LogP contribution in [0.4, 0.5) is 5.69 Å². The first kappa shape index (κ1) is 17.5. The molecule has 0 radical (unpaired) electrons. The van der Waals surface area contributed by atoms with Crippen molar-refractivity contribution in [3.63, 3.8) is 0 Å². The number of carbonyl (C=O) groups is 1. The van der Waals surface area contributed by atoms with Crippen LogP contribution in [-0.4, -0.2) is 16.1 Å². The molecule has 0 bridgehead atoms. The van der Waals surface area contributed by atoms with Crippen LogP contribution < -0.4 is 5.32 Å². The lowest BCUT2D eigenvalue weighted by Gasteiger charge is -2.17. The van der Waals surface area contributed by atoms with Crippen LogP contribution in [0, 0.1) is 5.41 Å².